The topological polar surface area (TPSA) is 132 Å². The Bertz CT molecular complexity index is 522. The molecule has 4 amide bonds. The van der Waals surface area contributed by atoms with Gasteiger partial charge >= 0.3 is 12.1 Å². The van der Waals surface area contributed by atoms with E-state index in [2.05, 4.69) is 35.3 Å². The molecule has 0 fully saturated rings. The standard InChI is InChI=1S/C20H41N5O5/c1-15(2)10-12-25(13-14-26)18(28)23-16(17(27)24-21-6)9-7-8-11-22-19(29)30-20(3,4)5/h15-16,21,26H,7-14H2,1-6H3,(H,22,29)(H,23,28)(H,24,27). The molecular formula is C20H41N5O5. The van der Waals surface area contributed by atoms with Crippen molar-refractivity contribution in [1.29, 1.82) is 0 Å². The Kier molecular flexibility index (Phi) is 13.8. The number of nitrogens with zero attached hydrogens (tertiary/aromatic N) is 1. The second-order valence-corrected chi connectivity index (χ2v) is 8.56. The number of hydrogen-bond acceptors (Lipinski definition) is 6. The zero-order chi connectivity index (χ0) is 23.2. The Morgan fingerprint density at radius 1 is 1.07 bits per heavy atom. The molecule has 1 atom stereocenters. The van der Waals surface area contributed by atoms with Crippen LogP contribution in [0, 0.1) is 5.92 Å². The third-order valence-electron chi connectivity index (χ3n) is 4.08. The van der Waals surface area contributed by atoms with Gasteiger partial charge in [-0.05, 0) is 52.4 Å². The van der Waals surface area contributed by atoms with Crippen molar-refractivity contribution in [1.82, 2.24) is 26.4 Å². The maximum absolute atomic E-state index is 12.6. The lowest BCUT2D eigenvalue weighted by molar-refractivity contribution is -0.124. The van der Waals surface area contributed by atoms with Gasteiger partial charge in [-0.25, -0.2) is 15.0 Å². The van der Waals surface area contributed by atoms with Gasteiger partial charge in [-0.2, -0.15) is 0 Å². The fraction of sp³-hybridized carbons (Fsp3) is 0.850. The fourth-order valence-corrected chi connectivity index (χ4v) is 2.55. The number of hydrogen-bond donors (Lipinski definition) is 5. The van der Waals surface area contributed by atoms with Crippen LogP contribution in [0.15, 0.2) is 0 Å². The largest absolute Gasteiger partial charge is 0.444 e. The minimum absolute atomic E-state index is 0.144. The summed E-state index contributed by atoms with van der Waals surface area (Å²) in [6.45, 7) is 10.5. The number of nitrogens with one attached hydrogen (secondary N) is 4. The third-order valence-corrected chi connectivity index (χ3v) is 4.08. The summed E-state index contributed by atoms with van der Waals surface area (Å²) in [6.07, 6.45) is 1.98. The van der Waals surface area contributed by atoms with Crippen LogP contribution in [-0.4, -0.2) is 73.0 Å². The van der Waals surface area contributed by atoms with Gasteiger partial charge in [0.1, 0.15) is 11.6 Å². The summed E-state index contributed by atoms with van der Waals surface area (Å²) in [6, 6.07) is -1.11. The number of aliphatic hydroxyl groups excluding tert-OH is 1. The summed E-state index contributed by atoms with van der Waals surface area (Å²) in [5.74, 6) is 0.0682. The molecule has 5 N–H and O–H groups in total. The number of aliphatic hydroxyl groups is 1. The van der Waals surface area contributed by atoms with Gasteiger partial charge in [-0.1, -0.05) is 13.8 Å². The van der Waals surface area contributed by atoms with Crippen molar-refractivity contribution in [3.63, 3.8) is 0 Å². The zero-order valence-corrected chi connectivity index (χ0v) is 19.3. The maximum atomic E-state index is 12.6. The van der Waals surface area contributed by atoms with Crippen LogP contribution in [0.25, 0.3) is 0 Å². The average molecular weight is 432 g/mol. The lowest BCUT2D eigenvalue weighted by Crippen LogP contribution is -2.53. The summed E-state index contributed by atoms with van der Waals surface area (Å²) in [7, 11) is 1.57. The molecule has 0 aromatic carbocycles. The molecular weight excluding hydrogens is 390 g/mol. The number of hydrazine groups is 1. The van der Waals surface area contributed by atoms with Gasteiger partial charge in [-0.3, -0.25) is 10.2 Å². The summed E-state index contributed by atoms with van der Waals surface area (Å²) in [5, 5.41) is 14.7. The van der Waals surface area contributed by atoms with Crippen LogP contribution >= 0.6 is 0 Å². The van der Waals surface area contributed by atoms with Gasteiger partial charge in [0.2, 0.25) is 0 Å². The number of carbonyl (C=O) groups is 3. The summed E-state index contributed by atoms with van der Waals surface area (Å²) in [5.41, 5.74) is 4.52. The van der Waals surface area contributed by atoms with E-state index in [9.17, 15) is 19.5 Å². The zero-order valence-electron chi connectivity index (χ0n) is 19.3. The average Bonchev–Trinajstić information content (AvgIpc) is 2.62. The van der Waals surface area contributed by atoms with Gasteiger partial charge in [0, 0.05) is 26.7 Å². The quantitative estimate of drug-likeness (QED) is 0.221. The molecule has 0 aromatic heterocycles. The Morgan fingerprint density at radius 3 is 2.27 bits per heavy atom. The van der Waals surface area contributed by atoms with E-state index in [1.807, 2.05) is 0 Å². The summed E-state index contributed by atoms with van der Waals surface area (Å²) < 4.78 is 5.17. The highest BCUT2D eigenvalue weighted by molar-refractivity contribution is 5.86. The van der Waals surface area contributed by atoms with Crippen molar-refractivity contribution in [2.75, 3.05) is 33.3 Å². The predicted molar refractivity (Wildman–Crippen MR) is 116 cm³/mol. The van der Waals surface area contributed by atoms with E-state index in [0.29, 0.717) is 38.3 Å². The lowest BCUT2D eigenvalue weighted by atomic mass is 10.1. The Hall–Kier alpha value is -2.07. The molecule has 30 heavy (non-hydrogen) atoms. The molecule has 0 radical (unpaired) electrons. The highest BCUT2D eigenvalue weighted by Crippen LogP contribution is 2.07. The Morgan fingerprint density at radius 2 is 1.73 bits per heavy atom. The molecule has 10 nitrogen and oxygen atoms in total. The molecule has 0 aliphatic carbocycles. The van der Waals surface area contributed by atoms with Gasteiger partial charge in [0.15, 0.2) is 0 Å². The van der Waals surface area contributed by atoms with Gasteiger partial charge in [0.05, 0.1) is 6.61 Å². The first-order valence-electron chi connectivity index (χ1n) is 10.6. The molecule has 10 heteroatoms. The Labute approximate surface area is 180 Å². The van der Waals surface area contributed by atoms with E-state index >= 15 is 0 Å². The molecule has 0 spiro atoms. The monoisotopic (exact) mass is 431 g/mol. The number of ether oxygens (including phenoxy) is 1. The molecule has 0 bridgehead atoms. The highest BCUT2D eigenvalue weighted by atomic mass is 16.6. The number of carbonyl (C=O) groups excluding carboxylic acids is 3. The predicted octanol–water partition coefficient (Wildman–Crippen LogP) is 1.35. The van der Waals surface area contributed by atoms with Crippen molar-refractivity contribution in [3.8, 4) is 0 Å². The van der Waals surface area contributed by atoms with Crippen molar-refractivity contribution >= 4 is 18.0 Å². The maximum Gasteiger partial charge on any atom is 0.407 e. The molecule has 0 rings (SSSR count). The van der Waals surface area contributed by atoms with Crippen LogP contribution in [0.1, 0.15) is 60.3 Å². The molecule has 0 heterocycles. The van der Waals surface area contributed by atoms with E-state index in [1.54, 1.807) is 27.8 Å². The molecule has 0 aliphatic rings. The SMILES string of the molecule is CNNC(=O)C(CCCCNC(=O)OC(C)(C)C)NC(=O)N(CCO)CCC(C)C. The van der Waals surface area contributed by atoms with Crippen LogP contribution in [0.5, 0.6) is 0 Å². The van der Waals surface area contributed by atoms with Gasteiger partial charge in [0.25, 0.3) is 5.91 Å². The number of urea groups is 1. The smallest absolute Gasteiger partial charge is 0.407 e. The lowest BCUT2D eigenvalue weighted by Gasteiger charge is -2.26. The van der Waals surface area contributed by atoms with Crippen molar-refractivity contribution in [3.05, 3.63) is 0 Å². The molecule has 0 aliphatic heterocycles. The first-order valence-corrected chi connectivity index (χ1v) is 10.6. The molecule has 0 saturated heterocycles. The fourth-order valence-electron chi connectivity index (χ4n) is 2.55. The highest BCUT2D eigenvalue weighted by Gasteiger charge is 2.23. The van der Waals surface area contributed by atoms with E-state index in [1.165, 1.54) is 4.90 Å². The van der Waals surface area contributed by atoms with Crippen LogP contribution in [0.3, 0.4) is 0 Å². The number of rotatable bonds is 13. The minimum atomic E-state index is -0.730. The number of amides is 4. The van der Waals surface area contributed by atoms with Gasteiger partial charge in [-0.15, -0.1) is 0 Å². The van der Waals surface area contributed by atoms with E-state index in [4.69, 9.17) is 4.74 Å². The summed E-state index contributed by atoms with van der Waals surface area (Å²) in [4.78, 5) is 38.1. The van der Waals surface area contributed by atoms with Crippen LogP contribution in [-0.2, 0) is 9.53 Å². The van der Waals surface area contributed by atoms with Crippen LogP contribution < -0.4 is 21.5 Å². The van der Waals surface area contributed by atoms with Crippen LogP contribution in [0.2, 0.25) is 0 Å². The number of unbranched alkanes of at least 4 members (excludes halogenated alkanes) is 1. The minimum Gasteiger partial charge on any atom is -0.444 e. The van der Waals surface area contributed by atoms with Gasteiger partial charge < -0.3 is 25.4 Å². The normalized spacial score (nSPS) is 12.3. The third kappa shape index (κ3) is 14.0. The van der Waals surface area contributed by atoms with E-state index in [-0.39, 0.29) is 25.1 Å². The Balaban J connectivity index is 4.63. The second kappa shape index (κ2) is 14.8. The first kappa shape index (κ1) is 27.9. The molecule has 0 saturated carbocycles. The second-order valence-electron chi connectivity index (χ2n) is 8.56. The van der Waals surface area contributed by atoms with Crippen molar-refractivity contribution < 1.29 is 24.2 Å². The van der Waals surface area contributed by atoms with Crippen molar-refractivity contribution in [2.24, 2.45) is 5.92 Å². The van der Waals surface area contributed by atoms with E-state index < -0.39 is 17.7 Å². The molecule has 176 valence electrons. The first-order chi connectivity index (χ1) is 14.0. The molecule has 1 unspecified atom stereocenters. The summed E-state index contributed by atoms with van der Waals surface area (Å²) >= 11 is 0. The molecule has 0 aromatic rings. The van der Waals surface area contributed by atoms with E-state index in [0.717, 1.165) is 6.42 Å². The van der Waals surface area contributed by atoms with Crippen LogP contribution in [0.4, 0.5) is 9.59 Å². The number of alkyl carbamates (subject to hydrolysis) is 1. The van der Waals surface area contributed by atoms with Crippen molar-refractivity contribution in [2.45, 2.75) is 71.9 Å².